The summed E-state index contributed by atoms with van der Waals surface area (Å²) in [6.07, 6.45) is 0. The highest BCUT2D eigenvalue weighted by Gasteiger charge is 2.16. The number of rotatable bonds is 6. The predicted octanol–water partition coefficient (Wildman–Crippen LogP) is 5.44. The minimum atomic E-state index is 0.676. The van der Waals surface area contributed by atoms with Gasteiger partial charge in [-0.15, -0.1) is 11.3 Å². The van der Waals surface area contributed by atoms with Crippen molar-refractivity contribution in [3.05, 3.63) is 53.7 Å². The van der Waals surface area contributed by atoms with Gasteiger partial charge in [0.05, 0.1) is 32.4 Å². The van der Waals surface area contributed by atoms with Crippen molar-refractivity contribution in [2.45, 2.75) is 6.92 Å². The fourth-order valence-electron chi connectivity index (χ4n) is 3.15. The molecule has 0 aliphatic rings. The quantitative estimate of drug-likeness (QED) is 0.459. The molecule has 1 N–H and O–H groups in total. The third-order valence-corrected chi connectivity index (χ3v) is 5.48. The maximum absolute atomic E-state index is 5.53. The molecular formula is C22H21N3O3S. The highest BCUT2D eigenvalue weighted by molar-refractivity contribution is 7.17. The summed E-state index contributed by atoms with van der Waals surface area (Å²) in [7, 11) is 4.93. The molecule has 4 rings (SSSR count). The van der Waals surface area contributed by atoms with Crippen molar-refractivity contribution in [1.29, 1.82) is 0 Å². The van der Waals surface area contributed by atoms with E-state index < -0.39 is 0 Å². The second-order valence-electron chi connectivity index (χ2n) is 6.37. The van der Waals surface area contributed by atoms with E-state index in [0.717, 1.165) is 44.3 Å². The SMILES string of the molecule is COc1ccc(-c2csc3nc(C)nc(Nc4ccc(OC)cc4OC)c23)cc1. The Morgan fingerprint density at radius 2 is 1.59 bits per heavy atom. The van der Waals surface area contributed by atoms with Crippen LogP contribution in [0.15, 0.2) is 47.8 Å². The second kappa shape index (κ2) is 7.97. The molecule has 4 aromatic rings. The van der Waals surface area contributed by atoms with E-state index in [1.54, 1.807) is 32.7 Å². The highest BCUT2D eigenvalue weighted by Crippen LogP contribution is 2.40. The first-order valence-electron chi connectivity index (χ1n) is 9.02. The molecule has 0 aliphatic heterocycles. The Kier molecular flexibility index (Phi) is 5.22. The number of hydrogen-bond acceptors (Lipinski definition) is 7. The maximum Gasteiger partial charge on any atom is 0.146 e. The van der Waals surface area contributed by atoms with E-state index >= 15 is 0 Å². The van der Waals surface area contributed by atoms with Crippen molar-refractivity contribution < 1.29 is 14.2 Å². The van der Waals surface area contributed by atoms with Gasteiger partial charge in [-0.05, 0) is 36.8 Å². The van der Waals surface area contributed by atoms with E-state index in [-0.39, 0.29) is 0 Å². The Morgan fingerprint density at radius 1 is 0.862 bits per heavy atom. The average molecular weight is 407 g/mol. The topological polar surface area (TPSA) is 65.5 Å². The lowest BCUT2D eigenvalue weighted by Gasteiger charge is -2.14. The Morgan fingerprint density at radius 3 is 2.28 bits per heavy atom. The minimum absolute atomic E-state index is 0.676. The zero-order chi connectivity index (χ0) is 20.4. The van der Waals surface area contributed by atoms with Crippen molar-refractivity contribution in [3.63, 3.8) is 0 Å². The molecule has 2 aromatic heterocycles. The fourth-order valence-corrected chi connectivity index (χ4v) is 4.14. The molecular weight excluding hydrogens is 386 g/mol. The summed E-state index contributed by atoms with van der Waals surface area (Å²) in [6, 6.07) is 13.6. The molecule has 0 saturated carbocycles. The number of nitrogens with one attached hydrogen (secondary N) is 1. The number of aromatic nitrogens is 2. The number of anilines is 2. The number of thiophene rings is 1. The molecule has 0 spiro atoms. The molecule has 7 heteroatoms. The number of ether oxygens (including phenoxy) is 3. The van der Waals surface area contributed by atoms with Crippen LogP contribution in [0.1, 0.15) is 5.82 Å². The van der Waals surface area contributed by atoms with Crippen LogP contribution < -0.4 is 19.5 Å². The summed E-state index contributed by atoms with van der Waals surface area (Å²) in [5, 5.41) is 6.51. The van der Waals surface area contributed by atoms with Crippen LogP contribution in [0.2, 0.25) is 0 Å². The number of nitrogens with zero attached hydrogens (tertiary/aromatic N) is 2. The van der Waals surface area contributed by atoms with E-state index in [0.29, 0.717) is 11.6 Å². The van der Waals surface area contributed by atoms with Crippen LogP contribution in [0.5, 0.6) is 17.2 Å². The van der Waals surface area contributed by atoms with Gasteiger partial charge in [-0.25, -0.2) is 9.97 Å². The predicted molar refractivity (Wildman–Crippen MR) is 117 cm³/mol. The lowest BCUT2D eigenvalue weighted by atomic mass is 10.1. The third kappa shape index (κ3) is 3.69. The van der Waals surface area contributed by atoms with Crippen molar-refractivity contribution in [2.24, 2.45) is 0 Å². The number of aryl methyl sites for hydroxylation is 1. The highest BCUT2D eigenvalue weighted by atomic mass is 32.1. The molecule has 2 aromatic carbocycles. The summed E-state index contributed by atoms with van der Waals surface area (Å²) in [4.78, 5) is 10.2. The van der Waals surface area contributed by atoms with Crippen LogP contribution in [0.25, 0.3) is 21.3 Å². The largest absolute Gasteiger partial charge is 0.497 e. The zero-order valence-electron chi connectivity index (χ0n) is 16.6. The summed E-state index contributed by atoms with van der Waals surface area (Å²) >= 11 is 1.60. The molecule has 0 unspecified atom stereocenters. The monoisotopic (exact) mass is 407 g/mol. The lowest BCUT2D eigenvalue weighted by molar-refractivity contribution is 0.395. The fraction of sp³-hybridized carbons (Fsp3) is 0.182. The molecule has 0 fully saturated rings. The Labute approximate surface area is 173 Å². The smallest absolute Gasteiger partial charge is 0.146 e. The van der Waals surface area contributed by atoms with Crippen LogP contribution in [0.4, 0.5) is 11.5 Å². The summed E-state index contributed by atoms with van der Waals surface area (Å²) in [5.41, 5.74) is 2.96. The number of hydrogen-bond donors (Lipinski definition) is 1. The molecule has 0 aliphatic carbocycles. The first kappa shape index (κ1) is 19.0. The van der Waals surface area contributed by atoms with Crippen molar-refractivity contribution >= 4 is 33.1 Å². The van der Waals surface area contributed by atoms with Gasteiger partial charge in [0, 0.05) is 17.0 Å². The normalized spacial score (nSPS) is 10.8. The van der Waals surface area contributed by atoms with Gasteiger partial charge < -0.3 is 19.5 Å². The van der Waals surface area contributed by atoms with Crippen LogP contribution in [-0.4, -0.2) is 31.3 Å². The minimum Gasteiger partial charge on any atom is -0.497 e. The molecule has 0 radical (unpaired) electrons. The number of fused-ring (bicyclic) bond motifs is 1. The summed E-state index contributed by atoms with van der Waals surface area (Å²) in [6.45, 7) is 1.89. The molecule has 0 bridgehead atoms. The van der Waals surface area contributed by atoms with Crippen LogP contribution >= 0.6 is 11.3 Å². The van der Waals surface area contributed by atoms with E-state index in [2.05, 4.69) is 20.7 Å². The van der Waals surface area contributed by atoms with Gasteiger partial charge in [-0.1, -0.05) is 12.1 Å². The van der Waals surface area contributed by atoms with Gasteiger partial charge in [0.15, 0.2) is 0 Å². The third-order valence-electron chi connectivity index (χ3n) is 4.61. The molecule has 148 valence electrons. The van der Waals surface area contributed by atoms with Crippen LogP contribution in [-0.2, 0) is 0 Å². The lowest BCUT2D eigenvalue weighted by Crippen LogP contribution is -2.00. The van der Waals surface area contributed by atoms with Crippen molar-refractivity contribution in [1.82, 2.24) is 9.97 Å². The van der Waals surface area contributed by atoms with Crippen LogP contribution in [0, 0.1) is 6.92 Å². The standard InChI is InChI=1S/C22H21N3O3S/c1-13-23-21(25-18-10-9-16(27-3)11-19(18)28-4)20-17(12-29-22(20)24-13)14-5-7-15(26-2)8-6-14/h5-12H,1-4H3,(H,23,24,25). The molecule has 0 saturated heterocycles. The first-order chi connectivity index (χ1) is 14.1. The van der Waals surface area contributed by atoms with Gasteiger partial charge in [-0.2, -0.15) is 0 Å². The van der Waals surface area contributed by atoms with Crippen LogP contribution in [0.3, 0.4) is 0 Å². The Hall–Kier alpha value is -3.32. The van der Waals surface area contributed by atoms with Gasteiger partial charge in [0.2, 0.25) is 0 Å². The summed E-state index contributed by atoms with van der Waals surface area (Å²) in [5.74, 6) is 3.67. The molecule has 29 heavy (non-hydrogen) atoms. The number of benzene rings is 2. The van der Waals surface area contributed by atoms with Crippen molar-refractivity contribution in [3.8, 4) is 28.4 Å². The Bertz CT molecular complexity index is 1160. The van der Waals surface area contributed by atoms with Gasteiger partial charge >= 0.3 is 0 Å². The Balaban J connectivity index is 1.83. The molecule has 6 nitrogen and oxygen atoms in total. The number of methoxy groups -OCH3 is 3. The first-order valence-corrected chi connectivity index (χ1v) is 9.90. The molecule has 2 heterocycles. The van der Waals surface area contributed by atoms with Gasteiger partial charge in [0.25, 0.3) is 0 Å². The zero-order valence-corrected chi connectivity index (χ0v) is 17.5. The van der Waals surface area contributed by atoms with E-state index in [1.165, 1.54) is 0 Å². The van der Waals surface area contributed by atoms with Crippen molar-refractivity contribution in [2.75, 3.05) is 26.6 Å². The maximum atomic E-state index is 5.53. The van der Waals surface area contributed by atoms with E-state index in [4.69, 9.17) is 14.2 Å². The second-order valence-corrected chi connectivity index (χ2v) is 7.23. The summed E-state index contributed by atoms with van der Waals surface area (Å²) < 4.78 is 16.1. The van der Waals surface area contributed by atoms with Gasteiger partial charge in [0.1, 0.15) is 33.7 Å². The van der Waals surface area contributed by atoms with Gasteiger partial charge in [-0.3, -0.25) is 0 Å². The molecule has 0 atom stereocenters. The van der Waals surface area contributed by atoms with E-state index in [9.17, 15) is 0 Å². The average Bonchev–Trinajstić information content (AvgIpc) is 3.18. The molecule has 0 amide bonds. The van der Waals surface area contributed by atoms with E-state index in [1.807, 2.05) is 49.4 Å².